The number of aromatic nitrogens is 1. The predicted octanol–water partition coefficient (Wildman–Crippen LogP) is 1.53. The molecule has 0 bridgehead atoms. The number of nitrogens with zero attached hydrogens (tertiary/aromatic N) is 2. The van der Waals surface area contributed by atoms with Crippen LogP contribution in [0.2, 0.25) is 0 Å². The molecular formula is C11H16BrN3O2. The average Bonchev–Trinajstić information content (AvgIpc) is 2.31. The number of pyridine rings is 1. The van der Waals surface area contributed by atoms with Crippen molar-refractivity contribution in [3.05, 3.63) is 22.3 Å². The fourth-order valence-electron chi connectivity index (χ4n) is 1.37. The number of carbonyl (C=O) groups is 1. The van der Waals surface area contributed by atoms with Crippen LogP contribution >= 0.6 is 15.9 Å². The summed E-state index contributed by atoms with van der Waals surface area (Å²) in [5.74, 6) is 0.0651. The Morgan fingerprint density at radius 1 is 1.71 bits per heavy atom. The van der Waals surface area contributed by atoms with E-state index in [1.54, 1.807) is 31.3 Å². The predicted molar refractivity (Wildman–Crippen MR) is 69.8 cm³/mol. The molecule has 0 aliphatic carbocycles. The molecule has 0 fully saturated rings. The molecule has 0 spiro atoms. The van der Waals surface area contributed by atoms with Crippen molar-refractivity contribution in [1.29, 1.82) is 0 Å². The van der Waals surface area contributed by atoms with Gasteiger partial charge in [0.1, 0.15) is 5.82 Å². The van der Waals surface area contributed by atoms with E-state index < -0.39 is 0 Å². The highest BCUT2D eigenvalue weighted by molar-refractivity contribution is 9.10. The summed E-state index contributed by atoms with van der Waals surface area (Å²) in [7, 11) is 3.32. The molecule has 1 aromatic heterocycles. The topological polar surface area (TPSA) is 68.5 Å². The molecule has 1 heterocycles. The SMILES string of the molecule is COC(C)CN(C)C(=O)c1cc(Br)cnc1N. The van der Waals surface area contributed by atoms with E-state index in [1.807, 2.05) is 6.92 Å². The highest BCUT2D eigenvalue weighted by Crippen LogP contribution is 2.17. The van der Waals surface area contributed by atoms with Crippen molar-refractivity contribution in [2.45, 2.75) is 13.0 Å². The van der Waals surface area contributed by atoms with Crippen LogP contribution in [0, 0.1) is 0 Å². The first-order valence-electron chi connectivity index (χ1n) is 5.15. The van der Waals surface area contributed by atoms with Crippen molar-refractivity contribution in [3.63, 3.8) is 0 Å². The zero-order valence-electron chi connectivity index (χ0n) is 10.1. The second kappa shape index (κ2) is 5.97. The van der Waals surface area contributed by atoms with Crippen molar-refractivity contribution in [2.24, 2.45) is 0 Å². The van der Waals surface area contributed by atoms with E-state index in [9.17, 15) is 4.79 Å². The number of carbonyl (C=O) groups excluding carboxylic acids is 1. The van der Waals surface area contributed by atoms with Crippen molar-refractivity contribution in [1.82, 2.24) is 9.88 Å². The third-order valence-corrected chi connectivity index (χ3v) is 2.83. The molecule has 17 heavy (non-hydrogen) atoms. The summed E-state index contributed by atoms with van der Waals surface area (Å²) >= 11 is 3.26. The Bertz CT molecular complexity index is 412. The van der Waals surface area contributed by atoms with Gasteiger partial charge in [0, 0.05) is 31.4 Å². The van der Waals surface area contributed by atoms with Gasteiger partial charge in [-0.05, 0) is 28.9 Å². The van der Waals surface area contributed by atoms with Crippen LogP contribution in [0.5, 0.6) is 0 Å². The van der Waals surface area contributed by atoms with Gasteiger partial charge in [-0.2, -0.15) is 0 Å². The number of ether oxygens (including phenoxy) is 1. The Morgan fingerprint density at radius 2 is 2.35 bits per heavy atom. The molecule has 1 amide bonds. The summed E-state index contributed by atoms with van der Waals surface area (Å²) in [5.41, 5.74) is 6.07. The molecule has 0 aliphatic rings. The Morgan fingerprint density at radius 3 is 2.94 bits per heavy atom. The van der Waals surface area contributed by atoms with Gasteiger partial charge in [-0.1, -0.05) is 0 Å². The number of methoxy groups -OCH3 is 1. The van der Waals surface area contributed by atoms with E-state index in [2.05, 4.69) is 20.9 Å². The highest BCUT2D eigenvalue weighted by atomic mass is 79.9. The van der Waals surface area contributed by atoms with E-state index in [0.29, 0.717) is 12.1 Å². The lowest BCUT2D eigenvalue weighted by Crippen LogP contribution is -2.34. The van der Waals surface area contributed by atoms with Gasteiger partial charge in [0.15, 0.2) is 0 Å². The van der Waals surface area contributed by atoms with E-state index in [1.165, 1.54) is 0 Å². The van der Waals surface area contributed by atoms with Gasteiger partial charge >= 0.3 is 0 Å². The molecule has 1 aromatic rings. The number of hydrogen-bond acceptors (Lipinski definition) is 4. The zero-order chi connectivity index (χ0) is 13.0. The van der Waals surface area contributed by atoms with Gasteiger partial charge in [0.2, 0.25) is 0 Å². The molecule has 0 radical (unpaired) electrons. The number of halogens is 1. The molecule has 0 aromatic carbocycles. The Labute approximate surface area is 109 Å². The first-order chi connectivity index (χ1) is 7.95. The van der Waals surface area contributed by atoms with E-state index in [4.69, 9.17) is 10.5 Å². The van der Waals surface area contributed by atoms with Crippen molar-refractivity contribution in [2.75, 3.05) is 26.4 Å². The molecule has 0 saturated carbocycles. The first kappa shape index (κ1) is 13.9. The number of nitrogen functional groups attached to an aromatic ring is 1. The van der Waals surface area contributed by atoms with Crippen molar-refractivity contribution < 1.29 is 9.53 Å². The van der Waals surface area contributed by atoms with Crippen LogP contribution in [0.3, 0.4) is 0 Å². The minimum Gasteiger partial charge on any atom is -0.383 e. The van der Waals surface area contributed by atoms with Crippen molar-refractivity contribution in [3.8, 4) is 0 Å². The quantitative estimate of drug-likeness (QED) is 0.916. The lowest BCUT2D eigenvalue weighted by molar-refractivity contribution is 0.0600. The lowest BCUT2D eigenvalue weighted by atomic mass is 10.2. The number of nitrogens with two attached hydrogens (primary N) is 1. The maximum absolute atomic E-state index is 12.1. The van der Waals surface area contributed by atoms with Gasteiger partial charge < -0.3 is 15.4 Å². The first-order valence-corrected chi connectivity index (χ1v) is 5.94. The molecule has 5 nitrogen and oxygen atoms in total. The van der Waals surface area contributed by atoms with Crippen LogP contribution in [0.4, 0.5) is 5.82 Å². The number of amides is 1. The Hall–Kier alpha value is -1.14. The summed E-state index contributed by atoms with van der Waals surface area (Å²) in [6, 6.07) is 1.67. The lowest BCUT2D eigenvalue weighted by Gasteiger charge is -2.21. The van der Waals surface area contributed by atoms with Crippen LogP contribution in [-0.4, -0.2) is 42.6 Å². The molecule has 94 valence electrons. The maximum atomic E-state index is 12.1. The minimum absolute atomic E-state index is 0.0229. The van der Waals surface area contributed by atoms with Gasteiger partial charge in [-0.15, -0.1) is 0 Å². The number of likely N-dealkylation sites (N-methyl/N-ethyl adjacent to an activating group) is 1. The fourth-order valence-corrected chi connectivity index (χ4v) is 1.70. The van der Waals surface area contributed by atoms with E-state index in [-0.39, 0.29) is 17.8 Å². The highest BCUT2D eigenvalue weighted by Gasteiger charge is 2.17. The van der Waals surface area contributed by atoms with Crippen LogP contribution in [0.1, 0.15) is 17.3 Å². The molecule has 1 unspecified atom stereocenters. The van der Waals surface area contributed by atoms with Crippen LogP contribution in [0.25, 0.3) is 0 Å². The second-order valence-electron chi connectivity index (χ2n) is 3.82. The van der Waals surface area contributed by atoms with Crippen LogP contribution < -0.4 is 5.73 Å². The number of anilines is 1. The van der Waals surface area contributed by atoms with E-state index >= 15 is 0 Å². The van der Waals surface area contributed by atoms with Gasteiger partial charge in [0.25, 0.3) is 5.91 Å². The molecule has 1 atom stereocenters. The third kappa shape index (κ3) is 3.67. The number of hydrogen-bond donors (Lipinski definition) is 1. The smallest absolute Gasteiger partial charge is 0.257 e. The Kier molecular flexibility index (Phi) is 4.89. The second-order valence-corrected chi connectivity index (χ2v) is 4.73. The van der Waals surface area contributed by atoms with Crippen LogP contribution in [-0.2, 0) is 4.74 Å². The monoisotopic (exact) mass is 301 g/mol. The summed E-state index contributed by atoms with van der Waals surface area (Å²) in [4.78, 5) is 17.6. The Balaban J connectivity index is 2.85. The normalized spacial score (nSPS) is 12.2. The minimum atomic E-state index is -0.166. The molecule has 0 saturated heterocycles. The third-order valence-electron chi connectivity index (χ3n) is 2.40. The van der Waals surface area contributed by atoms with Gasteiger partial charge in [0.05, 0.1) is 11.7 Å². The van der Waals surface area contributed by atoms with Gasteiger partial charge in [-0.3, -0.25) is 4.79 Å². The van der Waals surface area contributed by atoms with E-state index in [0.717, 1.165) is 4.47 Å². The fraction of sp³-hybridized carbons (Fsp3) is 0.455. The number of rotatable bonds is 4. The summed E-state index contributed by atoms with van der Waals surface area (Å²) in [5, 5.41) is 0. The van der Waals surface area contributed by atoms with Crippen LogP contribution in [0.15, 0.2) is 16.7 Å². The molecule has 6 heteroatoms. The largest absolute Gasteiger partial charge is 0.383 e. The van der Waals surface area contributed by atoms with Crippen molar-refractivity contribution >= 4 is 27.7 Å². The van der Waals surface area contributed by atoms with Gasteiger partial charge in [-0.25, -0.2) is 4.98 Å². The molecule has 0 aliphatic heterocycles. The molecule has 2 N–H and O–H groups in total. The summed E-state index contributed by atoms with van der Waals surface area (Å²) < 4.78 is 5.84. The summed E-state index contributed by atoms with van der Waals surface area (Å²) in [6.07, 6.45) is 1.54. The standard InChI is InChI=1S/C11H16BrN3O2/c1-7(17-3)6-15(2)11(16)9-4-8(12)5-14-10(9)13/h4-5,7H,6H2,1-3H3,(H2,13,14). The summed E-state index contributed by atoms with van der Waals surface area (Å²) in [6.45, 7) is 2.40. The molecular weight excluding hydrogens is 286 g/mol. The maximum Gasteiger partial charge on any atom is 0.257 e. The zero-order valence-corrected chi connectivity index (χ0v) is 11.7. The average molecular weight is 302 g/mol. The molecule has 1 rings (SSSR count).